The molecular formula is C19H30N4O2. The molecule has 6 heteroatoms. The Balaban J connectivity index is 1.54. The summed E-state index contributed by atoms with van der Waals surface area (Å²) in [6.07, 6.45) is 7.43. The molecule has 1 unspecified atom stereocenters. The number of aromatic nitrogens is 1. The average Bonchev–Trinajstić information content (AvgIpc) is 3.04. The van der Waals surface area contributed by atoms with Crippen molar-refractivity contribution in [3.8, 4) is 0 Å². The third-order valence-electron chi connectivity index (χ3n) is 5.24. The molecule has 0 aliphatic carbocycles. The third kappa shape index (κ3) is 4.70. The van der Waals surface area contributed by atoms with Gasteiger partial charge in [0.15, 0.2) is 0 Å². The summed E-state index contributed by atoms with van der Waals surface area (Å²) in [7, 11) is 0. The van der Waals surface area contributed by atoms with Gasteiger partial charge in [-0.1, -0.05) is 0 Å². The number of hydrogen-bond acceptors (Lipinski definition) is 5. The maximum absolute atomic E-state index is 12.4. The lowest BCUT2D eigenvalue weighted by molar-refractivity contribution is -0.118. The maximum Gasteiger partial charge on any atom is 0.238 e. The van der Waals surface area contributed by atoms with Gasteiger partial charge in [-0.3, -0.25) is 9.69 Å². The van der Waals surface area contributed by atoms with Crippen molar-refractivity contribution in [1.82, 2.24) is 9.88 Å². The minimum atomic E-state index is -0.783. The van der Waals surface area contributed by atoms with Crippen LogP contribution in [0, 0.1) is 0 Å². The first-order valence-electron chi connectivity index (χ1n) is 9.41. The van der Waals surface area contributed by atoms with Gasteiger partial charge in [0.1, 0.15) is 5.82 Å². The van der Waals surface area contributed by atoms with Gasteiger partial charge in [0.05, 0.1) is 24.0 Å². The number of anilines is 2. The number of nitrogens with zero attached hydrogens (tertiary/aromatic N) is 3. The number of carbonyl (C=O) groups is 1. The number of carbonyl (C=O) groups excluding carboxylic acids is 1. The van der Waals surface area contributed by atoms with E-state index in [0.29, 0.717) is 6.54 Å². The van der Waals surface area contributed by atoms with Gasteiger partial charge >= 0.3 is 0 Å². The molecule has 3 heterocycles. The van der Waals surface area contributed by atoms with Gasteiger partial charge in [0, 0.05) is 19.1 Å². The molecule has 2 N–H and O–H groups in total. The van der Waals surface area contributed by atoms with Gasteiger partial charge in [-0.25, -0.2) is 4.98 Å². The highest BCUT2D eigenvalue weighted by atomic mass is 16.3. The Hall–Kier alpha value is -1.66. The highest BCUT2D eigenvalue weighted by molar-refractivity contribution is 5.92. The molecule has 1 aromatic rings. The molecule has 1 aromatic heterocycles. The molecule has 138 valence electrons. The van der Waals surface area contributed by atoms with E-state index in [9.17, 15) is 9.90 Å². The van der Waals surface area contributed by atoms with E-state index in [1.165, 1.54) is 19.3 Å². The lowest BCUT2D eigenvalue weighted by atomic mass is 9.97. The van der Waals surface area contributed by atoms with E-state index in [2.05, 4.69) is 20.1 Å². The molecule has 2 aliphatic heterocycles. The molecule has 0 aromatic carbocycles. The number of aliphatic hydroxyl groups is 1. The topological polar surface area (TPSA) is 68.7 Å². The predicted molar refractivity (Wildman–Crippen MR) is 99.8 cm³/mol. The zero-order chi connectivity index (χ0) is 17.9. The van der Waals surface area contributed by atoms with Crippen LogP contribution in [0.25, 0.3) is 0 Å². The minimum absolute atomic E-state index is 0.0397. The van der Waals surface area contributed by atoms with E-state index in [4.69, 9.17) is 0 Å². The van der Waals surface area contributed by atoms with Crippen LogP contribution < -0.4 is 10.2 Å². The van der Waals surface area contributed by atoms with Crippen molar-refractivity contribution in [3.05, 3.63) is 18.3 Å². The monoisotopic (exact) mass is 346 g/mol. The van der Waals surface area contributed by atoms with E-state index in [1.54, 1.807) is 6.20 Å². The van der Waals surface area contributed by atoms with Crippen LogP contribution in [0.5, 0.6) is 0 Å². The van der Waals surface area contributed by atoms with E-state index >= 15 is 0 Å². The zero-order valence-electron chi connectivity index (χ0n) is 15.4. The highest BCUT2D eigenvalue weighted by Crippen LogP contribution is 2.26. The molecule has 0 saturated carbocycles. The van der Waals surface area contributed by atoms with Gasteiger partial charge < -0.3 is 15.3 Å². The molecule has 2 aliphatic rings. The molecule has 25 heavy (non-hydrogen) atoms. The molecule has 1 atom stereocenters. The quantitative estimate of drug-likeness (QED) is 0.856. The summed E-state index contributed by atoms with van der Waals surface area (Å²) >= 11 is 0. The summed E-state index contributed by atoms with van der Waals surface area (Å²) in [5.74, 6) is 0.933. The van der Waals surface area contributed by atoms with Gasteiger partial charge in [-0.05, 0) is 64.6 Å². The first-order valence-corrected chi connectivity index (χ1v) is 9.41. The molecule has 0 radical (unpaired) electrons. The number of amides is 1. The van der Waals surface area contributed by atoms with Gasteiger partial charge in [-0.2, -0.15) is 0 Å². The Morgan fingerprint density at radius 1 is 1.24 bits per heavy atom. The first-order chi connectivity index (χ1) is 11.9. The van der Waals surface area contributed by atoms with Crippen molar-refractivity contribution < 1.29 is 9.90 Å². The number of likely N-dealkylation sites (tertiary alicyclic amines) is 1. The normalized spacial score (nSPS) is 22.2. The standard InChI is InChI=1S/C19H30N4O2/c1-19(2,25)16-7-6-12-23(16)14-18(24)21-15-8-9-17(20-13-15)22-10-4-3-5-11-22/h8-9,13,16,25H,3-7,10-12,14H2,1-2H3,(H,21,24). The molecule has 0 spiro atoms. The Morgan fingerprint density at radius 2 is 2.00 bits per heavy atom. The van der Waals surface area contributed by atoms with Crippen LogP contribution in [0.4, 0.5) is 11.5 Å². The van der Waals surface area contributed by atoms with Crippen LogP contribution in [-0.4, -0.2) is 58.7 Å². The van der Waals surface area contributed by atoms with Gasteiger partial charge in [-0.15, -0.1) is 0 Å². The SMILES string of the molecule is CC(C)(O)C1CCCN1CC(=O)Nc1ccc(N2CCCCC2)nc1. The van der Waals surface area contributed by atoms with Crippen LogP contribution in [0.15, 0.2) is 18.3 Å². The second-order valence-corrected chi connectivity index (χ2v) is 7.78. The van der Waals surface area contributed by atoms with E-state index in [0.717, 1.165) is 44.0 Å². The lowest BCUT2D eigenvalue weighted by Crippen LogP contribution is -2.48. The van der Waals surface area contributed by atoms with Crippen molar-refractivity contribution in [2.24, 2.45) is 0 Å². The van der Waals surface area contributed by atoms with Gasteiger partial charge in [0.2, 0.25) is 5.91 Å². The Kier molecular flexibility index (Phi) is 5.59. The van der Waals surface area contributed by atoms with Crippen molar-refractivity contribution in [1.29, 1.82) is 0 Å². The lowest BCUT2D eigenvalue weighted by Gasteiger charge is -2.33. The van der Waals surface area contributed by atoms with Crippen LogP contribution >= 0.6 is 0 Å². The predicted octanol–water partition coefficient (Wildman–Crippen LogP) is 2.25. The first kappa shape index (κ1) is 18.1. The van der Waals surface area contributed by atoms with Crippen LogP contribution in [0.1, 0.15) is 46.0 Å². The fraction of sp³-hybridized carbons (Fsp3) is 0.684. The average molecular weight is 346 g/mol. The van der Waals surface area contributed by atoms with E-state index in [-0.39, 0.29) is 11.9 Å². The molecule has 6 nitrogen and oxygen atoms in total. The number of piperidine rings is 1. The van der Waals surface area contributed by atoms with Crippen molar-refractivity contribution in [3.63, 3.8) is 0 Å². The molecule has 2 saturated heterocycles. The van der Waals surface area contributed by atoms with Crippen LogP contribution in [0.2, 0.25) is 0 Å². The van der Waals surface area contributed by atoms with E-state index in [1.807, 2.05) is 26.0 Å². The number of rotatable bonds is 5. The maximum atomic E-state index is 12.4. The van der Waals surface area contributed by atoms with Crippen LogP contribution in [-0.2, 0) is 4.79 Å². The van der Waals surface area contributed by atoms with E-state index < -0.39 is 5.60 Å². The number of nitrogens with one attached hydrogen (secondary N) is 1. The second-order valence-electron chi connectivity index (χ2n) is 7.78. The zero-order valence-corrected chi connectivity index (χ0v) is 15.4. The number of pyridine rings is 1. The molecule has 1 amide bonds. The van der Waals surface area contributed by atoms with Crippen molar-refractivity contribution in [2.75, 3.05) is 36.4 Å². The summed E-state index contributed by atoms with van der Waals surface area (Å²) < 4.78 is 0. The minimum Gasteiger partial charge on any atom is -0.389 e. The second kappa shape index (κ2) is 7.70. The smallest absolute Gasteiger partial charge is 0.238 e. The van der Waals surface area contributed by atoms with Crippen LogP contribution in [0.3, 0.4) is 0 Å². The highest BCUT2D eigenvalue weighted by Gasteiger charge is 2.36. The van der Waals surface area contributed by atoms with Crippen molar-refractivity contribution >= 4 is 17.4 Å². The Bertz CT molecular complexity index is 576. The third-order valence-corrected chi connectivity index (χ3v) is 5.24. The Labute approximate surface area is 150 Å². The molecular weight excluding hydrogens is 316 g/mol. The summed E-state index contributed by atoms with van der Waals surface area (Å²) in [6.45, 7) is 6.92. The van der Waals surface area contributed by atoms with Gasteiger partial charge in [0.25, 0.3) is 0 Å². The summed E-state index contributed by atoms with van der Waals surface area (Å²) in [4.78, 5) is 21.2. The molecule has 0 bridgehead atoms. The summed E-state index contributed by atoms with van der Waals surface area (Å²) in [6, 6.07) is 3.95. The summed E-state index contributed by atoms with van der Waals surface area (Å²) in [5, 5.41) is 13.2. The van der Waals surface area contributed by atoms with Crippen molar-refractivity contribution in [2.45, 2.75) is 57.6 Å². The number of hydrogen-bond donors (Lipinski definition) is 2. The fourth-order valence-corrected chi connectivity index (χ4v) is 3.97. The largest absolute Gasteiger partial charge is 0.389 e. The summed E-state index contributed by atoms with van der Waals surface area (Å²) in [5.41, 5.74) is -0.0567. The molecule has 3 rings (SSSR count). The molecule has 2 fully saturated rings. The fourth-order valence-electron chi connectivity index (χ4n) is 3.97. The Morgan fingerprint density at radius 3 is 2.64 bits per heavy atom.